The lowest BCUT2D eigenvalue weighted by molar-refractivity contribution is 0.0520. The zero-order valence-corrected chi connectivity index (χ0v) is 16.2. The van der Waals surface area contributed by atoms with Crippen molar-refractivity contribution in [3.05, 3.63) is 28.2 Å². The van der Waals surface area contributed by atoms with E-state index < -0.39 is 10.0 Å². The van der Waals surface area contributed by atoms with E-state index >= 15 is 0 Å². The molecule has 0 radical (unpaired) electrons. The molecule has 7 heteroatoms. The Balaban J connectivity index is 1.83. The smallest absolute Gasteiger partial charge is 0.255 e. The van der Waals surface area contributed by atoms with Crippen LogP contribution >= 0.6 is 15.9 Å². The molecular weight excluding hydrogens is 392 g/mol. The van der Waals surface area contributed by atoms with Crippen LogP contribution in [0.3, 0.4) is 0 Å². The minimum absolute atomic E-state index is 0.0842. The zero-order valence-electron chi connectivity index (χ0n) is 13.8. The summed E-state index contributed by atoms with van der Waals surface area (Å²) in [5, 5.41) is 0. The van der Waals surface area contributed by atoms with E-state index in [2.05, 4.69) is 20.7 Å². The van der Waals surface area contributed by atoms with Crippen molar-refractivity contribution in [2.24, 2.45) is 11.8 Å². The summed E-state index contributed by atoms with van der Waals surface area (Å²) in [4.78, 5) is 14.9. The highest BCUT2D eigenvalue weighted by atomic mass is 79.9. The third-order valence-corrected chi connectivity index (χ3v) is 7.43. The molecule has 0 spiro atoms. The minimum atomic E-state index is -3.56. The highest BCUT2D eigenvalue weighted by Gasteiger charge is 2.33. The standard InChI is InChI=1S/C17H23BrN2O3S/c1-19-24(22,23)14-6-7-16(18)15(10-14)17(21)20-9-8-12-4-2-3-5-13(12)11-20/h6-7,10,12-13,19H,2-5,8-9,11H2,1H3/t12-,13+/m0/s1. The summed E-state index contributed by atoms with van der Waals surface area (Å²) >= 11 is 3.39. The molecule has 0 unspecified atom stereocenters. The normalized spacial score (nSPS) is 24.5. The fraction of sp³-hybridized carbons (Fsp3) is 0.588. The first-order valence-corrected chi connectivity index (χ1v) is 10.7. The number of benzene rings is 1. The first-order chi connectivity index (χ1) is 11.4. The largest absolute Gasteiger partial charge is 0.338 e. The molecule has 0 bridgehead atoms. The molecule has 2 atom stereocenters. The van der Waals surface area contributed by atoms with Crippen LogP contribution in [0.2, 0.25) is 0 Å². The van der Waals surface area contributed by atoms with E-state index in [1.807, 2.05) is 4.90 Å². The molecule has 1 aliphatic heterocycles. The van der Waals surface area contributed by atoms with Crippen LogP contribution in [0.1, 0.15) is 42.5 Å². The summed E-state index contributed by atoms with van der Waals surface area (Å²) in [5.41, 5.74) is 0.417. The number of piperidine rings is 1. The number of carbonyl (C=O) groups excluding carboxylic acids is 1. The number of hydrogen-bond acceptors (Lipinski definition) is 3. The van der Waals surface area contributed by atoms with Gasteiger partial charge in [0.2, 0.25) is 10.0 Å². The summed E-state index contributed by atoms with van der Waals surface area (Å²) in [5.74, 6) is 1.26. The number of nitrogens with one attached hydrogen (secondary N) is 1. The Hall–Kier alpha value is -0.920. The number of carbonyl (C=O) groups is 1. The van der Waals surface area contributed by atoms with E-state index in [1.54, 1.807) is 6.07 Å². The fourth-order valence-electron chi connectivity index (χ4n) is 3.91. The topological polar surface area (TPSA) is 66.5 Å². The second kappa shape index (κ2) is 7.14. The molecule has 1 saturated carbocycles. The van der Waals surface area contributed by atoms with E-state index in [0.717, 1.165) is 25.4 Å². The van der Waals surface area contributed by atoms with Gasteiger partial charge in [0.05, 0.1) is 10.5 Å². The van der Waals surface area contributed by atoms with Crippen molar-refractivity contribution in [1.29, 1.82) is 0 Å². The summed E-state index contributed by atoms with van der Waals surface area (Å²) in [6.45, 7) is 1.55. The summed E-state index contributed by atoms with van der Waals surface area (Å²) < 4.78 is 26.9. The number of rotatable bonds is 3. The quantitative estimate of drug-likeness (QED) is 0.826. The zero-order chi connectivity index (χ0) is 17.3. The molecular formula is C17H23BrN2O3S. The van der Waals surface area contributed by atoms with Crippen LogP contribution in [0.4, 0.5) is 0 Å². The van der Waals surface area contributed by atoms with Gasteiger partial charge in [0.15, 0.2) is 0 Å². The molecule has 5 nitrogen and oxygen atoms in total. The Labute approximate surface area is 152 Å². The molecule has 1 aromatic carbocycles. The highest BCUT2D eigenvalue weighted by molar-refractivity contribution is 9.10. The molecule has 2 fully saturated rings. The van der Waals surface area contributed by atoms with E-state index in [9.17, 15) is 13.2 Å². The van der Waals surface area contributed by atoms with Gasteiger partial charge >= 0.3 is 0 Å². The van der Waals surface area contributed by atoms with Gasteiger partial charge in [0.25, 0.3) is 5.91 Å². The average molecular weight is 415 g/mol. The van der Waals surface area contributed by atoms with Gasteiger partial charge < -0.3 is 4.90 Å². The van der Waals surface area contributed by atoms with Crippen molar-refractivity contribution < 1.29 is 13.2 Å². The molecule has 24 heavy (non-hydrogen) atoms. The molecule has 1 N–H and O–H groups in total. The van der Waals surface area contributed by atoms with E-state index in [4.69, 9.17) is 0 Å². The molecule has 1 saturated heterocycles. The van der Waals surface area contributed by atoms with Crippen molar-refractivity contribution in [1.82, 2.24) is 9.62 Å². The summed E-state index contributed by atoms with van der Waals surface area (Å²) in [6, 6.07) is 4.59. The van der Waals surface area contributed by atoms with Gasteiger partial charge in [-0.05, 0) is 65.9 Å². The Kier molecular flexibility index (Phi) is 5.32. The Morgan fingerprint density at radius 1 is 1.21 bits per heavy atom. The van der Waals surface area contributed by atoms with Crippen molar-refractivity contribution in [2.45, 2.75) is 37.0 Å². The van der Waals surface area contributed by atoms with Gasteiger partial charge in [0.1, 0.15) is 0 Å². The second-order valence-electron chi connectivity index (χ2n) is 6.69. The molecule has 1 amide bonds. The van der Waals surface area contributed by atoms with E-state index in [0.29, 0.717) is 16.0 Å². The Morgan fingerprint density at radius 2 is 1.92 bits per heavy atom. The van der Waals surface area contributed by atoms with Gasteiger partial charge in [-0.1, -0.05) is 19.3 Å². The van der Waals surface area contributed by atoms with Gasteiger partial charge in [-0.3, -0.25) is 4.79 Å². The van der Waals surface area contributed by atoms with Gasteiger partial charge in [0, 0.05) is 17.6 Å². The van der Waals surface area contributed by atoms with Crippen LogP contribution < -0.4 is 4.72 Å². The summed E-state index contributed by atoms with van der Waals surface area (Å²) in [6.07, 6.45) is 6.10. The van der Waals surface area contributed by atoms with Crippen LogP contribution in [-0.2, 0) is 10.0 Å². The molecule has 132 valence electrons. The SMILES string of the molecule is CNS(=O)(=O)c1ccc(Br)c(C(=O)N2CC[C@@H]3CCCC[C@@H]3C2)c1. The fourth-order valence-corrected chi connectivity index (χ4v) is 5.08. The van der Waals surface area contributed by atoms with Crippen LogP contribution in [0.15, 0.2) is 27.6 Å². The first-order valence-electron chi connectivity index (χ1n) is 8.45. The lowest BCUT2D eigenvalue weighted by Crippen LogP contribution is -2.44. The predicted molar refractivity (Wildman–Crippen MR) is 96.4 cm³/mol. The molecule has 0 aromatic heterocycles. The van der Waals surface area contributed by atoms with Crippen molar-refractivity contribution in [2.75, 3.05) is 20.1 Å². The van der Waals surface area contributed by atoms with E-state index in [1.165, 1.54) is 44.9 Å². The average Bonchev–Trinajstić information content (AvgIpc) is 2.61. The monoisotopic (exact) mass is 414 g/mol. The Morgan fingerprint density at radius 3 is 2.62 bits per heavy atom. The number of sulfonamides is 1. The number of likely N-dealkylation sites (tertiary alicyclic amines) is 1. The number of halogens is 1. The number of nitrogens with zero attached hydrogens (tertiary/aromatic N) is 1. The van der Waals surface area contributed by atoms with Crippen molar-refractivity contribution >= 4 is 31.9 Å². The lowest BCUT2D eigenvalue weighted by atomic mass is 9.75. The maximum absolute atomic E-state index is 12.9. The number of amides is 1. The van der Waals surface area contributed by atoms with E-state index in [-0.39, 0.29) is 10.8 Å². The first kappa shape index (κ1) is 17.9. The van der Waals surface area contributed by atoms with Gasteiger partial charge in [-0.25, -0.2) is 13.1 Å². The van der Waals surface area contributed by atoms with Crippen molar-refractivity contribution in [3.8, 4) is 0 Å². The second-order valence-corrected chi connectivity index (χ2v) is 9.43. The lowest BCUT2D eigenvalue weighted by Gasteiger charge is -2.41. The van der Waals surface area contributed by atoms with Crippen LogP contribution in [0.5, 0.6) is 0 Å². The molecule has 2 aliphatic rings. The minimum Gasteiger partial charge on any atom is -0.338 e. The maximum Gasteiger partial charge on any atom is 0.255 e. The maximum atomic E-state index is 12.9. The van der Waals surface area contributed by atoms with Crippen LogP contribution in [0.25, 0.3) is 0 Å². The third kappa shape index (κ3) is 3.53. The molecule has 1 heterocycles. The number of fused-ring (bicyclic) bond motifs is 1. The highest BCUT2D eigenvalue weighted by Crippen LogP contribution is 2.36. The Bertz CT molecular complexity index is 735. The summed E-state index contributed by atoms with van der Waals surface area (Å²) in [7, 11) is -2.19. The molecule has 1 aromatic rings. The number of hydrogen-bond donors (Lipinski definition) is 1. The third-order valence-electron chi connectivity index (χ3n) is 5.33. The van der Waals surface area contributed by atoms with Gasteiger partial charge in [-0.2, -0.15) is 0 Å². The van der Waals surface area contributed by atoms with Crippen LogP contribution in [0, 0.1) is 11.8 Å². The molecule has 1 aliphatic carbocycles. The van der Waals surface area contributed by atoms with Crippen LogP contribution in [-0.4, -0.2) is 39.4 Å². The van der Waals surface area contributed by atoms with Crippen molar-refractivity contribution in [3.63, 3.8) is 0 Å². The molecule has 3 rings (SSSR count). The van der Waals surface area contributed by atoms with Gasteiger partial charge in [-0.15, -0.1) is 0 Å². The predicted octanol–water partition coefficient (Wildman–Crippen LogP) is 3.01.